The number of aryl methyl sites for hydroxylation is 1. The predicted octanol–water partition coefficient (Wildman–Crippen LogP) is 0.441. The van der Waals surface area contributed by atoms with E-state index in [-0.39, 0.29) is 6.61 Å². The van der Waals surface area contributed by atoms with Gasteiger partial charge in [0.15, 0.2) is 5.54 Å². The Bertz CT molecular complexity index is 402. The smallest absolute Gasteiger partial charge is 0.331 e. The second kappa shape index (κ2) is 4.05. The van der Waals surface area contributed by atoms with Gasteiger partial charge in [-0.15, -0.1) is 0 Å². The molecule has 1 fully saturated rings. The maximum absolute atomic E-state index is 11.2. The first-order valence-corrected chi connectivity index (χ1v) is 5.01. The third kappa shape index (κ3) is 1.96. The molecule has 1 atom stereocenters. The van der Waals surface area contributed by atoms with Crippen molar-refractivity contribution in [1.29, 1.82) is 0 Å². The molecule has 1 aromatic rings. The molecular weight excluding hydrogens is 210 g/mol. The fourth-order valence-electron chi connectivity index (χ4n) is 1.61. The van der Waals surface area contributed by atoms with Gasteiger partial charge in [-0.1, -0.05) is 0 Å². The Morgan fingerprint density at radius 3 is 3.06 bits per heavy atom. The summed E-state index contributed by atoms with van der Waals surface area (Å²) in [4.78, 5) is 19.3. The van der Waals surface area contributed by atoms with Gasteiger partial charge < -0.3 is 15.2 Å². The highest BCUT2D eigenvalue weighted by Gasteiger charge is 2.43. The van der Waals surface area contributed by atoms with Crippen molar-refractivity contribution in [2.45, 2.75) is 18.9 Å². The third-order valence-electron chi connectivity index (χ3n) is 2.58. The number of rotatable bonds is 3. The number of aromatic nitrogens is 2. The van der Waals surface area contributed by atoms with E-state index in [0.29, 0.717) is 19.0 Å². The Kier molecular flexibility index (Phi) is 2.74. The molecule has 6 nitrogen and oxygen atoms in total. The number of ether oxygens (including phenoxy) is 1. The van der Waals surface area contributed by atoms with Gasteiger partial charge in [-0.05, 0) is 13.0 Å². The predicted molar refractivity (Wildman–Crippen MR) is 56.2 cm³/mol. The van der Waals surface area contributed by atoms with Gasteiger partial charge in [0.2, 0.25) is 5.95 Å². The van der Waals surface area contributed by atoms with Crippen LogP contribution in [0.2, 0.25) is 0 Å². The van der Waals surface area contributed by atoms with Crippen LogP contribution in [0, 0.1) is 6.92 Å². The summed E-state index contributed by atoms with van der Waals surface area (Å²) >= 11 is 0. The van der Waals surface area contributed by atoms with E-state index in [1.54, 1.807) is 12.3 Å². The van der Waals surface area contributed by atoms with Crippen LogP contribution in [0.4, 0.5) is 5.95 Å². The Hall–Kier alpha value is -1.69. The van der Waals surface area contributed by atoms with E-state index in [1.165, 1.54) is 0 Å². The fourth-order valence-corrected chi connectivity index (χ4v) is 1.61. The van der Waals surface area contributed by atoms with Gasteiger partial charge in [0.1, 0.15) is 0 Å². The number of carboxylic acid groups (broad SMARTS) is 1. The number of anilines is 1. The minimum Gasteiger partial charge on any atom is -0.479 e. The lowest BCUT2D eigenvalue weighted by atomic mass is 9.99. The first-order chi connectivity index (χ1) is 7.62. The molecule has 16 heavy (non-hydrogen) atoms. The third-order valence-corrected chi connectivity index (χ3v) is 2.58. The van der Waals surface area contributed by atoms with Crippen molar-refractivity contribution in [3.8, 4) is 0 Å². The second-order valence-corrected chi connectivity index (χ2v) is 3.84. The Morgan fingerprint density at radius 1 is 1.69 bits per heavy atom. The zero-order chi connectivity index (χ0) is 11.6. The lowest BCUT2D eigenvalue weighted by Crippen LogP contribution is -2.47. The highest BCUT2D eigenvalue weighted by atomic mass is 16.5. The van der Waals surface area contributed by atoms with Crippen LogP contribution in [0.5, 0.6) is 0 Å². The summed E-state index contributed by atoms with van der Waals surface area (Å²) < 4.78 is 5.13. The molecule has 1 aliphatic heterocycles. The summed E-state index contributed by atoms with van der Waals surface area (Å²) in [6.45, 7) is 2.40. The standard InChI is InChI=1S/C10H13N3O3/c1-7-2-4-11-9(12-7)13-10(8(14)15)3-5-16-6-10/h2,4H,3,5-6H2,1H3,(H,14,15)(H,11,12,13). The van der Waals surface area contributed by atoms with E-state index in [2.05, 4.69) is 15.3 Å². The zero-order valence-corrected chi connectivity index (χ0v) is 8.93. The number of aliphatic carboxylic acids is 1. The fraction of sp³-hybridized carbons (Fsp3) is 0.500. The molecule has 1 unspecified atom stereocenters. The van der Waals surface area contributed by atoms with Gasteiger partial charge in [-0.25, -0.2) is 14.8 Å². The second-order valence-electron chi connectivity index (χ2n) is 3.84. The number of nitrogens with one attached hydrogen (secondary N) is 1. The first-order valence-electron chi connectivity index (χ1n) is 5.01. The summed E-state index contributed by atoms with van der Waals surface area (Å²) in [6.07, 6.45) is 2.01. The van der Waals surface area contributed by atoms with Crippen molar-refractivity contribution in [2.75, 3.05) is 18.5 Å². The Labute approximate surface area is 92.7 Å². The average Bonchev–Trinajstić information content (AvgIpc) is 2.67. The van der Waals surface area contributed by atoms with Gasteiger partial charge >= 0.3 is 5.97 Å². The van der Waals surface area contributed by atoms with Gasteiger partial charge in [-0.3, -0.25) is 0 Å². The van der Waals surface area contributed by atoms with E-state index in [9.17, 15) is 9.90 Å². The molecule has 0 spiro atoms. The molecule has 0 aromatic carbocycles. The maximum atomic E-state index is 11.2. The Balaban J connectivity index is 2.21. The zero-order valence-electron chi connectivity index (χ0n) is 8.93. The molecular formula is C10H13N3O3. The molecule has 0 aliphatic carbocycles. The molecule has 2 rings (SSSR count). The number of carbonyl (C=O) groups is 1. The van der Waals surface area contributed by atoms with Crippen LogP contribution >= 0.6 is 0 Å². The molecule has 1 saturated heterocycles. The number of hydrogen-bond donors (Lipinski definition) is 2. The molecule has 1 aromatic heterocycles. The summed E-state index contributed by atoms with van der Waals surface area (Å²) in [6, 6.07) is 1.75. The maximum Gasteiger partial charge on any atom is 0.331 e. The van der Waals surface area contributed by atoms with Gasteiger partial charge in [-0.2, -0.15) is 0 Å². The van der Waals surface area contributed by atoms with Crippen LogP contribution in [0.25, 0.3) is 0 Å². The highest BCUT2D eigenvalue weighted by Crippen LogP contribution is 2.23. The molecule has 86 valence electrons. The summed E-state index contributed by atoms with van der Waals surface area (Å²) in [7, 11) is 0. The summed E-state index contributed by atoms with van der Waals surface area (Å²) in [5.74, 6) is -0.608. The molecule has 1 aliphatic rings. The van der Waals surface area contributed by atoms with Crippen molar-refractivity contribution in [3.63, 3.8) is 0 Å². The van der Waals surface area contributed by atoms with Crippen LogP contribution in [-0.2, 0) is 9.53 Å². The minimum atomic E-state index is -1.09. The van der Waals surface area contributed by atoms with Gasteiger partial charge in [0.05, 0.1) is 6.61 Å². The largest absolute Gasteiger partial charge is 0.479 e. The molecule has 0 radical (unpaired) electrons. The number of hydrogen-bond acceptors (Lipinski definition) is 5. The SMILES string of the molecule is Cc1ccnc(NC2(C(=O)O)CCOC2)n1. The minimum absolute atomic E-state index is 0.139. The van der Waals surface area contributed by atoms with Crippen molar-refractivity contribution >= 4 is 11.9 Å². The van der Waals surface area contributed by atoms with E-state index in [1.807, 2.05) is 6.92 Å². The van der Waals surface area contributed by atoms with E-state index >= 15 is 0 Å². The Morgan fingerprint density at radius 2 is 2.50 bits per heavy atom. The molecule has 0 bridgehead atoms. The number of nitrogens with zero attached hydrogens (tertiary/aromatic N) is 2. The topological polar surface area (TPSA) is 84.3 Å². The monoisotopic (exact) mass is 223 g/mol. The lowest BCUT2D eigenvalue weighted by molar-refractivity contribution is -0.142. The molecule has 2 N–H and O–H groups in total. The molecule has 0 amide bonds. The molecule has 0 saturated carbocycles. The van der Waals surface area contributed by atoms with Crippen LogP contribution in [0.3, 0.4) is 0 Å². The quantitative estimate of drug-likeness (QED) is 0.773. The van der Waals surface area contributed by atoms with Crippen LogP contribution in [0.15, 0.2) is 12.3 Å². The van der Waals surface area contributed by atoms with E-state index in [4.69, 9.17) is 4.74 Å². The summed E-state index contributed by atoms with van der Waals surface area (Å²) in [5.41, 5.74) is -0.301. The molecule has 2 heterocycles. The van der Waals surface area contributed by atoms with Crippen LogP contribution < -0.4 is 5.32 Å². The van der Waals surface area contributed by atoms with Crippen molar-refractivity contribution in [1.82, 2.24) is 9.97 Å². The van der Waals surface area contributed by atoms with Crippen LogP contribution in [-0.4, -0.2) is 39.8 Å². The normalized spacial score (nSPS) is 24.3. The highest BCUT2D eigenvalue weighted by molar-refractivity contribution is 5.82. The molecule has 6 heteroatoms. The van der Waals surface area contributed by atoms with E-state index in [0.717, 1.165) is 5.69 Å². The van der Waals surface area contributed by atoms with Crippen molar-refractivity contribution in [2.24, 2.45) is 0 Å². The number of carboxylic acids is 1. The van der Waals surface area contributed by atoms with Crippen LogP contribution in [0.1, 0.15) is 12.1 Å². The van der Waals surface area contributed by atoms with Crippen molar-refractivity contribution < 1.29 is 14.6 Å². The van der Waals surface area contributed by atoms with Gasteiger partial charge in [0.25, 0.3) is 0 Å². The first kappa shape index (κ1) is 10.8. The van der Waals surface area contributed by atoms with Gasteiger partial charge in [0, 0.05) is 24.9 Å². The lowest BCUT2D eigenvalue weighted by Gasteiger charge is -2.23. The average molecular weight is 223 g/mol. The van der Waals surface area contributed by atoms with E-state index < -0.39 is 11.5 Å². The summed E-state index contributed by atoms with van der Waals surface area (Å²) in [5, 5.41) is 12.0. The van der Waals surface area contributed by atoms with Crippen molar-refractivity contribution in [3.05, 3.63) is 18.0 Å².